The Hall–Kier alpha value is -2.07. The third-order valence-electron chi connectivity index (χ3n) is 2.30. The van der Waals surface area contributed by atoms with Gasteiger partial charge in [-0.3, -0.25) is 0 Å². The highest BCUT2D eigenvalue weighted by atomic mass is 19.1. The molecule has 0 aliphatic rings. The van der Waals surface area contributed by atoms with Crippen LogP contribution in [0.4, 0.5) is 4.39 Å². The van der Waals surface area contributed by atoms with Gasteiger partial charge in [0.15, 0.2) is 11.6 Å². The van der Waals surface area contributed by atoms with Gasteiger partial charge in [-0.2, -0.15) is 0 Å². The molecule has 0 aliphatic heterocycles. The molecule has 0 aromatic heterocycles. The molecular weight excluding hydrogens is 221 g/mol. The van der Waals surface area contributed by atoms with Crippen LogP contribution in [0.3, 0.4) is 0 Å². The Bertz CT molecular complexity index is 511. The molecule has 0 aliphatic carbocycles. The van der Waals surface area contributed by atoms with Crippen molar-refractivity contribution in [1.82, 2.24) is 0 Å². The van der Waals surface area contributed by atoms with E-state index in [1.807, 2.05) is 0 Å². The van der Waals surface area contributed by atoms with Crippen LogP contribution in [0.2, 0.25) is 0 Å². The Kier molecular flexibility index (Phi) is 3.25. The number of halogens is 1. The van der Waals surface area contributed by atoms with E-state index in [4.69, 9.17) is 15.6 Å². The number of rotatable bonds is 3. The molecule has 2 aromatic carbocycles. The first-order chi connectivity index (χ1) is 8.19. The Balaban J connectivity index is 2.21. The minimum atomic E-state index is -0.457. The molecule has 4 heteroatoms. The minimum Gasteiger partial charge on any atom is -0.508 e. The highest BCUT2D eigenvalue weighted by Gasteiger charge is 2.05. The maximum absolute atomic E-state index is 13.6. The Morgan fingerprint density at radius 2 is 1.82 bits per heavy atom. The standard InChI is InChI=1S/C13H12FNO2/c14-12-7-9(8-15)1-6-13(12)17-11-4-2-10(16)3-5-11/h1-7,16H,8,15H2. The van der Waals surface area contributed by atoms with Crippen molar-refractivity contribution >= 4 is 0 Å². The number of hydrogen-bond acceptors (Lipinski definition) is 3. The monoisotopic (exact) mass is 233 g/mol. The van der Waals surface area contributed by atoms with Crippen LogP contribution in [0.1, 0.15) is 5.56 Å². The molecule has 3 N–H and O–H groups in total. The van der Waals surface area contributed by atoms with Crippen molar-refractivity contribution in [2.75, 3.05) is 0 Å². The highest BCUT2D eigenvalue weighted by Crippen LogP contribution is 2.26. The predicted molar refractivity (Wildman–Crippen MR) is 62.5 cm³/mol. The van der Waals surface area contributed by atoms with Gasteiger partial charge in [0, 0.05) is 6.54 Å². The highest BCUT2D eigenvalue weighted by molar-refractivity contribution is 5.36. The van der Waals surface area contributed by atoms with E-state index in [0.29, 0.717) is 11.3 Å². The third-order valence-corrected chi connectivity index (χ3v) is 2.30. The maximum Gasteiger partial charge on any atom is 0.166 e. The lowest BCUT2D eigenvalue weighted by Crippen LogP contribution is -1.97. The summed E-state index contributed by atoms with van der Waals surface area (Å²) in [4.78, 5) is 0. The minimum absolute atomic E-state index is 0.132. The number of phenolic OH excluding ortho intramolecular Hbond substituents is 1. The molecule has 3 nitrogen and oxygen atoms in total. The van der Waals surface area contributed by atoms with Gasteiger partial charge in [-0.15, -0.1) is 0 Å². The van der Waals surface area contributed by atoms with E-state index in [2.05, 4.69) is 0 Å². The number of hydrogen-bond donors (Lipinski definition) is 2. The van der Waals surface area contributed by atoms with Crippen molar-refractivity contribution in [3.05, 3.63) is 53.8 Å². The lowest BCUT2D eigenvalue weighted by molar-refractivity contribution is 0.438. The summed E-state index contributed by atoms with van der Waals surface area (Å²) in [5.74, 6) is 0.271. The second-order valence-corrected chi connectivity index (χ2v) is 3.56. The molecule has 2 aromatic rings. The van der Waals surface area contributed by atoms with Crippen LogP contribution in [0, 0.1) is 5.82 Å². The van der Waals surface area contributed by atoms with Crippen LogP contribution in [0.15, 0.2) is 42.5 Å². The second kappa shape index (κ2) is 4.84. The third kappa shape index (κ3) is 2.73. The number of benzene rings is 2. The van der Waals surface area contributed by atoms with Gasteiger partial charge in [0.1, 0.15) is 11.5 Å². The van der Waals surface area contributed by atoms with E-state index >= 15 is 0 Å². The van der Waals surface area contributed by atoms with E-state index in [1.54, 1.807) is 18.2 Å². The quantitative estimate of drug-likeness (QED) is 0.857. The summed E-state index contributed by atoms with van der Waals surface area (Å²) in [6, 6.07) is 10.7. The lowest BCUT2D eigenvalue weighted by Gasteiger charge is -2.07. The van der Waals surface area contributed by atoms with Crippen molar-refractivity contribution in [2.24, 2.45) is 5.73 Å². The fourth-order valence-corrected chi connectivity index (χ4v) is 1.40. The van der Waals surface area contributed by atoms with Gasteiger partial charge in [0.25, 0.3) is 0 Å². The molecule has 0 amide bonds. The van der Waals surface area contributed by atoms with Crippen molar-refractivity contribution in [3.8, 4) is 17.2 Å². The average molecular weight is 233 g/mol. The lowest BCUT2D eigenvalue weighted by atomic mass is 10.2. The molecular formula is C13H12FNO2. The number of ether oxygens (including phenoxy) is 1. The van der Waals surface area contributed by atoms with Gasteiger partial charge in [-0.05, 0) is 42.0 Å². The average Bonchev–Trinajstić information content (AvgIpc) is 2.34. The fourth-order valence-electron chi connectivity index (χ4n) is 1.40. The molecule has 0 saturated heterocycles. The first-order valence-corrected chi connectivity index (χ1v) is 5.14. The first kappa shape index (κ1) is 11.4. The Morgan fingerprint density at radius 3 is 2.41 bits per heavy atom. The largest absolute Gasteiger partial charge is 0.508 e. The summed E-state index contributed by atoms with van der Waals surface area (Å²) >= 11 is 0. The van der Waals surface area contributed by atoms with Crippen LogP contribution in [-0.4, -0.2) is 5.11 Å². The molecule has 88 valence electrons. The van der Waals surface area contributed by atoms with Crippen LogP contribution >= 0.6 is 0 Å². The molecule has 0 heterocycles. The van der Waals surface area contributed by atoms with E-state index in [-0.39, 0.29) is 18.0 Å². The molecule has 0 atom stereocenters. The van der Waals surface area contributed by atoms with Gasteiger partial charge >= 0.3 is 0 Å². The van der Waals surface area contributed by atoms with Crippen molar-refractivity contribution in [3.63, 3.8) is 0 Å². The predicted octanol–water partition coefficient (Wildman–Crippen LogP) is 2.78. The molecule has 0 radical (unpaired) electrons. The van der Waals surface area contributed by atoms with Crippen molar-refractivity contribution < 1.29 is 14.2 Å². The maximum atomic E-state index is 13.6. The molecule has 0 bridgehead atoms. The number of nitrogens with two attached hydrogens (primary N) is 1. The summed E-state index contributed by atoms with van der Waals surface area (Å²) in [5, 5.41) is 9.10. The summed E-state index contributed by atoms with van der Waals surface area (Å²) in [7, 11) is 0. The van der Waals surface area contributed by atoms with Crippen LogP contribution in [0.5, 0.6) is 17.2 Å². The molecule has 0 unspecified atom stereocenters. The number of aromatic hydroxyl groups is 1. The Morgan fingerprint density at radius 1 is 1.12 bits per heavy atom. The number of phenols is 1. The summed E-state index contributed by atoms with van der Waals surface area (Å²) in [6.45, 7) is 0.288. The molecule has 0 spiro atoms. The zero-order valence-electron chi connectivity index (χ0n) is 9.06. The van der Waals surface area contributed by atoms with Gasteiger partial charge in [0.2, 0.25) is 0 Å². The molecule has 0 fully saturated rings. The van der Waals surface area contributed by atoms with Gasteiger partial charge in [0.05, 0.1) is 0 Å². The molecule has 2 rings (SSSR count). The smallest absolute Gasteiger partial charge is 0.166 e. The van der Waals surface area contributed by atoms with E-state index < -0.39 is 5.82 Å². The fraction of sp³-hybridized carbons (Fsp3) is 0.0769. The van der Waals surface area contributed by atoms with Crippen molar-refractivity contribution in [1.29, 1.82) is 0 Å². The van der Waals surface area contributed by atoms with E-state index in [0.717, 1.165) is 0 Å². The van der Waals surface area contributed by atoms with Gasteiger partial charge in [-0.1, -0.05) is 6.07 Å². The van der Waals surface area contributed by atoms with Crippen LogP contribution in [-0.2, 0) is 6.54 Å². The van der Waals surface area contributed by atoms with E-state index in [1.165, 1.54) is 24.3 Å². The summed E-state index contributed by atoms with van der Waals surface area (Å²) in [5.41, 5.74) is 6.11. The Labute approximate surface area is 98.3 Å². The zero-order chi connectivity index (χ0) is 12.3. The second-order valence-electron chi connectivity index (χ2n) is 3.56. The van der Waals surface area contributed by atoms with Crippen LogP contribution in [0.25, 0.3) is 0 Å². The van der Waals surface area contributed by atoms with Crippen molar-refractivity contribution in [2.45, 2.75) is 6.54 Å². The molecule has 17 heavy (non-hydrogen) atoms. The summed E-state index contributed by atoms with van der Waals surface area (Å²) < 4.78 is 18.9. The van der Waals surface area contributed by atoms with Gasteiger partial charge in [-0.25, -0.2) is 4.39 Å². The van der Waals surface area contributed by atoms with Gasteiger partial charge < -0.3 is 15.6 Å². The van der Waals surface area contributed by atoms with Crippen LogP contribution < -0.4 is 10.5 Å². The SMILES string of the molecule is NCc1ccc(Oc2ccc(O)cc2)c(F)c1. The normalized spacial score (nSPS) is 10.2. The topological polar surface area (TPSA) is 55.5 Å². The summed E-state index contributed by atoms with van der Waals surface area (Å²) in [6.07, 6.45) is 0. The first-order valence-electron chi connectivity index (χ1n) is 5.14. The zero-order valence-corrected chi connectivity index (χ0v) is 9.06. The van der Waals surface area contributed by atoms with E-state index in [9.17, 15) is 4.39 Å². The molecule has 0 saturated carbocycles.